The van der Waals surface area contributed by atoms with Crippen LogP contribution in [-0.2, 0) is 4.74 Å². The lowest BCUT2D eigenvalue weighted by Crippen LogP contribution is -2.44. The molecule has 0 aliphatic carbocycles. The standard InChI is InChI=1S/C13H28N4O/c1-11(2)17(4)8-7-15-13(14-3)16-10-12-6-5-9-18-12/h11-12H,5-10H2,1-4H3,(H2,14,15,16). The topological polar surface area (TPSA) is 48.9 Å². The van der Waals surface area contributed by atoms with Crippen LogP contribution < -0.4 is 10.6 Å². The van der Waals surface area contributed by atoms with Crippen molar-refractivity contribution in [2.24, 2.45) is 4.99 Å². The molecule has 1 aliphatic heterocycles. The highest BCUT2D eigenvalue weighted by molar-refractivity contribution is 5.79. The SMILES string of the molecule is CN=C(NCCN(C)C(C)C)NCC1CCCO1. The molecule has 1 atom stereocenters. The van der Waals surface area contributed by atoms with Crippen molar-refractivity contribution in [3.05, 3.63) is 0 Å². The van der Waals surface area contributed by atoms with Gasteiger partial charge in [-0.3, -0.25) is 4.99 Å². The van der Waals surface area contributed by atoms with Crippen molar-refractivity contribution in [1.82, 2.24) is 15.5 Å². The highest BCUT2D eigenvalue weighted by Crippen LogP contribution is 2.10. The van der Waals surface area contributed by atoms with Gasteiger partial charge in [0.2, 0.25) is 0 Å². The molecule has 1 saturated heterocycles. The molecule has 1 fully saturated rings. The molecule has 5 heteroatoms. The van der Waals surface area contributed by atoms with Crippen LogP contribution in [0.25, 0.3) is 0 Å². The minimum Gasteiger partial charge on any atom is -0.376 e. The first kappa shape index (κ1) is 15.2. The van der Waals surface area contributed by atoms with E-state index in [1.165, 1.54) is 6.42 Å². The van der Waals surface area contributed by atoms with Gasteiger partial charge in [-0.05, 0) is 33.7 Å². The van der Waals surface area contributed by atoms with E-state index in [9.17, 15) is 0 Å². The van der Waals surface area contributed by atoms with Crippen LogP contribution in [0.5, 0.6) is 0 Å². The molecule has 0 aromatic rings. The second kappa shape index (κ2) is 8.32. The Morgan fingerprint density at radius 1 is 1.44 bits per heavy atom. The summed E-state index contributed by atoms with van der Waals surface area (Å²) in [6.07, 6.45) is 2.68. The molecule has 0 spiro atoms. The number of guanidine groups is 1. The third-order valence-electron chi connectivity index (χ3n) is 3.38. The van der Waals surface area contributed by atoms with E-state index in [4.69, 9.17) is 4.74 Å². The zero-order chi connectivity index (χ0) is 13.4. The molecule has 0 aromatic carbocycles. The second-order valence-corrected chi connectivity index (χ2v) is 5.09. The van der Waals surface area contributed by atoms with Gasteiger partial charge in [0.05, 0.1) is 6.10 Å². The lowest BCUT2D eigenvalue weighted by molar-refractivity contribution is 0.114. The quantitative estimate of drug-likeness (QED) is 0.542. The highest BCUT2D eigenvalue weighted by atomic mass is 16.5. The summed E-state index contributed by atoms with van der Waals surface area (Å²) in [6.45, 7) is 8.06. The van der Waals surface area contributed by atoms with E-state index in [0.29, 0.717) is 12.1 Å². The van der Waals surface area contributed by atoms with E-state index in [-0.39, 0.29) is 0 Å². The van der Waals surface area contributed by atoms with Crippen molar-refractivity contribution in [2.45, 2.75) is 38.8 Å². The third kappa shape index (κ3) is 5.69. The van der Waals surface area contributed by atoms with Crippen LogP contribution >= 0.6 is 0 Å². The molecule has 0 bridgehead atoms. The van der Waals surface area contributed by atoms with Crippen LogP contribution in [0.2, 0.25) is 0 Å². The molecule has 2 N–H and O–H groups in total. The fourth-order valence-electron chi connectivity index (χ4n) is 1.85. The summed E-state index contributed by atoms with van der Waals surface area (Å²) in [5.74, 6) is 0.864. The van der Waals surface area contributed by atoms with Crippen molar-refractivity contribution < 1.29 is 4.74 Å². The molecular weight excluding hydrogens is 228 g/mol. The Kier molecular flexibility index (Phi) is 7.05. The lowest BCUT2D eigenvalue weighted by Gasteiger charge is -2.22. The van der Waals surface area contributed by atoms with Crippen LogP contribution in [0.15, 0.2) is 4.99 Å². The maximum Gasteiger partial charge on any atom is 0.191 e. The van der Waals surface area contributed by atoms with Crippen LogP contribution in [0.4, 0.5) is 0 Å². The van der Waals surface area contributed by atoms with Gasteiger partial charge in [0, 0.05) is 39.3 Å². The van der Waals surface area contributed by atoms with E-state index >= 15 is 0 Å². The summed E-state index contributed by atoms with van der Waals surface area (Å²) in [6, 6.07) is 0.577. The third-order valence-corrected chi connectivity index (χ3v) is 3.38. The molecule has 1 unspecified atom stereocenters. The maximum absolute atomic E-state index is 5.57. The van der Waals surface area contributed by atoms with Gasteiger partial charge < -0.3 is 20.3 Å². The number of hydrogen-bond acceptors (Lipinski definition) is 3. The van der Waals surface area contributed by atoms with Crippen molar-refractivity contribution in [1.29, 1.82) is 0 Å². The molecule has 106 valence electrons. The van der Waals surface area contributed by atoms with Crippen LogP contribution in [-0.4, -0.2) is 63.3 Å². The lowest BCUT2D eigenvalue weighted by atomic mass is 10.2. The van der Waals surface area contributed by atoms with E-state index in [0.717, 1.165) is 38.6 Å². The van der Waals surface area contributed by atoms with Gasteiger partial charge in [-0.15, -0.1) is 0 Å². The van der Waals surface area contributed by atoms with E-state index in [2.05, 4.69) is 41.4 Å². The van der Waals surface area contributed by atoms with Gasteiger partial charge >= 0.3 is 0 Å². The van der Waals surface area contributed by atoms with Crippen molar-refractivity contribution >= 4 is 5.96 Å². The largest absolute Gasteiger partial charge is 0.376 e. The number of ether oxygens (including phenoxy) is 1. The van der Waals surface area contributed by atoms with Gasteiger partial charge in [-0.25, -0.2) is 0 Å². The summed E-state index contributed by atoms with van der Waals surface area (Å²) in [5, 5.41) is 6.63. The van der Waals surface area contributed by atoms with Crippen LogP contribution in [0, 0.1) is 0 Å². The maximum atomic E-state index is 5.57. The van der Waals surface area contributed by atoms with Gasteiger partial charge in [0.15, 0.2) is 5.96 Å². The number of likely N-dealkylation sites (N-methyl/N-ethyl adjacent to an activating group) is 1. The highest BCUT2D eigenvalue weighted by Gasteiger charge is 2.15. The first-order valence-corrected chi connectivity index (χ1v) is 6.90. The van der Waals surface area contributed by atoms with Gasteiger partial charge in [0.1, 0.15) is 0 Å². The Labute approximate surface area is 111 Å². The number of nitrogens with one attached hydrogen (secondary N) is 2. The molecular formula is C13H28N4O. The summed E-state index contributed by atoms with van der Waals surface area (Å²) < 4.78 is 5.57. The van der Waals surface area contributed by atoms with E-state index < -0.39 is 0 Å². The number of nitrogens with zero attached hydrogens (tertiary/aromatic N) is 2. The predicted octanol–water partition coefficient (Wildman–Crippen LogP) is 0.671. The molecule has 18 heavy (non-hydrogen) atoms. The Bertz CT molecular complexity index is 249. The van der Waals surface area contributed by atoms with Crippen molar-refractivity contribution in [3.8, 4) is 0 Å². The molecule has 1 heterocycles. The summed E-state index contributed by atoms with van der Waals surface area (Å²) >= 11 is 0. The van der Waals surface area contributed by atoms with E-state index in [1.54, 1.807) is 7.05 Å². The zero-order valence-electron chi connectivity index (χ0n) is 12.2. The van der Waals surface area contributed by atoms with Crippen LogP contribution in [0.1, 0.15) is 26.7 Å². The van der Waals surface area contributed by atoms with Gasteiger partial charge in [0.25, 0.3) is 0 Å². The summed E-state index contributed by atoms with van der Waals surface area (Å²) in [4.78, 5) is 6.52. The first-order chi connectivity index (χ1) is 8.63. The smallest absolute Gasteiger partial charge is 0.191 e. The Balaban J connectivity index is 2.13. The summed E-state index contributed by atoms with van der Waals surface area (Å²) in [5.41, 5.74) is 0. The molecule has 1 rings (SSSR count). The summed E-state index contributed by atoms with van der Waals surface area (Å²) in [7, 11) is 3.94. The number of rotatable bonds is 6. The first-order valence-electron chi connectivity index (χ1n) is 6.90. The minimum atomic E-state index is 0.349. The van der Waals surface area contributed by atoms with Gasteiger partial charge in [-0.2, -0.15) is 0 Å². The Morgan fingerprint density at radius 2 is 2.22 bits per heavy atom. The van der Waals surface area contributed by atoms with Crippen LogP contribution in [0.3, 0.4) is 0 Å². The average molecular weight is 256 g/mol. The number of hydrogen-bond donors (Lipinski definition) is 2. The van der Waals surface area contributed by atoms with Gasteiger partial charge in [-0.1, -0.05) is 0 Å². The fourth-order valence-corrected chi connectivity index (χ4v) is 1.85. The second-order valence-electron chi connectivity index (χ2n) is 5.09. The Hall–Kier alpha value is -0.810. The molecule has 0 radical (unpaired) electrons. The molecule has 0 aromatic heterocycles. The average Bonchev–Trinajstić information content (AvgIpc) is 2.86. The molecule has 0 amide bonds. The normalized spacial score (nSPS) is 20.8. The molecule has 5 nitrogen and oxygen atoms in total. The Morgan fingerprint density at radius 3 is 2.78 bits per heavy atom. The van der Waals surface area contributed by atoms with Crippen molar-refractivity contribution in [2.75, 3.05) is 40.3 Å². The molecule has 0 saturated carbocycles. The molecule has 1 aliphatic rings. The number of aliphatic imine (C=N–C) groups is 1. The predicted molar refractivity (Wildman–Crippen MR) is 76.1 cm³/mol. The van der Waals surface area contributed by atoms with Crippen molar-refractivity contribution in [3.63, 3.8) is 0 Å². The zero-order valence-corrected chi connectivity index (χ0v) is 12.2. The minimum absolute atomic E-state index is 0.349. The van der Waals surface area contributed by atoms with E-state index in [1.807, 2.05) is 0 Å². The monoisotopic (exact) mass is 256 g/mol. The fraction of sp³-hybridized carbons (Fsp3) is 0.923.